The highest BCUT2D eigenvalue weighted by molar-refractivity contribution is 6.45. The average Bonchev–Trinajstić information content (AvgIpc) is 2.72. The number of imide groups is 2. The van der Waals surface area contributed by atoms with E-state index in [4.69, 9.17) is 0 Å². The van der Waals surface area contributed by atoms with E-state index in [1.807, 2.05) is 0 Å². The van der Waals surface area contributed by atoms with Gasteiger partial charge < -0.3 is 10.1 Å². The minimum absolute atomic E-state index is 0.0565. The van der Waals surface area contributed by atoms with Crippen LogP contribution in [0.3, 0.4) is 0 Å². The van der Waals surface area contributed by atoms with Gasteiger partial charge in [-0.25, -0.2) is 9.69 Å². The van der Waals surface area contributed by atoms with Gasteiger partial charge in [0, 0.05) is 6.04 Å². The van der Waals surface area contributed by atoms with Crippen LogP contribution in [-0.2, 0) is 14.4 Å². The molecule has 1 aromatic rings. The number of hydrogen-bond acceptors (Lipinski definition) is 5. The Balaban J connectivity index is 2.10. The number of rotatable bonds is 6. The largest absolute Gasteiger partial charge is 0.433 e. The third-order valence-electron chi connectivity index (χ3n) is 3.28. The van der Waals surface area contributed by atoms with Crippen molar-refractivity contribution in [2.24, 2.45) is 0 Å². The van der Waals surface area contributed by atoms with E-state index in [1.54, 1.807) is 13.8 Å². The summed E-state index contributed by atoms with van der Waals surface area (Å²) in [6.45, 7) is -0.720. The van der Waals surface area contributed by atoms with E-state index in [0.717, 1.165) is 4.90 Å². The Labute approximate surface area is 141 Å². The van der Waals surface area contributed by atoms with Crippen LogP contribution in [0.15, 0.2) is 24.3 Å². The minimum Gasteiger partial charge on any atom is -0.433 e. The Kier molecular flexibility index (Phi) is 5.30. The van der Waals surface area contributed by atoms with Crippen LogP contribution in [0, 0.1) is 0 Å². The zero-order valence-electron chi connectivity index (χ0n) is 13.4. The van der Waals surface area contributed by atoms with E-state index in [9.17, 15) is 28.0 Å². The summed E-state index contributed by atoms with van der Waals surface area (Å²) < 4.78 is 29.0. The van der Waals surface area contributed by atoms with Crippen molar-refractivity contribution in [2.75, 3.05) is 11.9 Å². The Bertz CT molecular complexity index is 723. The van der Waals surface area contributed by atoms with Gasteiger partial charge in [0.25, 0.3) is 0 Å². The van der Waals surface area contributed by atoms with E-state index in [0.29, 0.717) is 4.90 Å². The molecule has 0 saturated carbocycles. The number of anilines is 1. The standard InChI is InChI=1S/C15H15F2N3O5/c1-8(2)20-13(23)12(22)19(15(20)24)7-11(21)18-9-5-3-4-6-10(9)25-14(16)17/h3-6,8,14H,7H2,1-2H3,(H,18,21). The Morgan fingerprint density at radius 2 is 1.80 bits per heavy atom. The molecule has 0 radical (unpaired) electrons. The lowest BCUT2D eigenvalue weighted by Crippen LogP contribution is -2.40. The van der Waals surface area contributed by atoms with E-state index in [-0.39, 0.29) is 11.4 Å². The zero-order chi connectivity index (χ0) is 18.7. The third-order valence-corrected chi connectivity index (χ3v) is 3.28. The highest BCUT2D eigenvalue weighted by Gasteiger charge is 2.46. The average molecular weight is 355 g/mol. The number of halogens is 2. The fraction of sp³-hybridized carbons (Fsp3) is 0.333. The molecule has 10 heteroatoms. The molecule has 2 rings (SSSR count). The molecular formula is C15H15F2N3O5. The summed E-state index contributed by atoms with van der Waals surface area (Å²) >= 11 is 0. The molecule has 8 nitrogen and oxygen atoms in total. The smallest absolute Gasteiger partial charge is 0.387 e. The molecule has 0 bridgehead atoms. The lowest BCUT2D eigenvalue weighted by Gasteiger charge is -2.18. The highest BCUT2D eigenvalue weighted by Crippen LogP contribution is 2.25. The first kappa shape index (κ1) is 18.3. The third kappa shape index (κ3) is 3.90. The van der Waals surface area contributed by atoms with E-state index < -0.39 is 43.0 Å². The Morgan fingerprint density at radius 3 is 2.36 bits per heavy atom. The lowest BCUT2D eigenvalue weighted by molar-refractivity contribution is -0.144. The van der Waals surface area contributed by atoms with Crippen molar-refractivity contribution in [2.45, 2.75) is 26.5 Å². The molecule has 0 aliphatic carbocycles. The number of hydrogen-bond donors (Lipinski definition) is 1. The highest BCUT2D eigenvalue weighted by atomic mass is 19.3. The van der Waals surface area contributed by atoms with Crippen LogP contribution in [0.5, 0.6) is 5.75 Å². The van der Waals surface area contributed by atoms with Crippen LogP contribution in [-0.4, -0.2) is 52.8 Å². The SMILES string of the molecule is CC(C)N1C(=O)C(=O)N(CC(=O)Nc2ccccc2OC(F)F)C1=O. The van der Waals surface area contributed by atoms with E-state index >= 15 is 0 Å². The molecule has 0 unspecified atom stereocenters. The molecule has 1 aromatic carbocycles. The summed E-state index contributed by atoms with van der Waals surface area (Å²) in [5.74, 6) is -3.25. The predicted octanol–water partition coefficient (Wildman–Crippen LogP) is 1.43. The maximum absolute atomic E-state index is 12.4. The number of nitrogens with zero attached hydrogens (tertiary/aromatic N) is 2. The minimum atomic E-state index is -3.09. The van der Waals surface area contributed by atoms with Gasteiger partial charge in [-0.1, -0.05) is 12.1 Å². The molecule has 5 amide bonds. The number of alkyl halides is 2. The van der Waals surface area contributed by atoms with Crippen LogP contribution in [0.1, 0.15) is 13.8 Å². The number of carbonyl (C=O) groups is 4. The van der Waals surface area contributed by atoms with Crippen molar-refractivity contribution in [3.8, 4) is 5.75 Å². The number of benzene rings is 1. The molecule has 0 atom stereocenters. The second-order valence-corrected chi connectivity index (χ2v) is 5.37. The normalized spacial score (nSPS) is 14.7. The molecule has 1 N–H and O–H groups in total. The van der Waals surface area contributed by atoms with Gasteiger partial charge in [0.05, 0.1) is 5.69 Å². The van der Waals surface area contributed by atoms with Gasteiger partial charge in [-0.15, -0.1) is 0 Å². The van der Waals surface area contributed by atoms with Crippen molar-refractivity contribution in [1.82, 2.24) is 9.80 Å². The summed E-state index contributed by atoms with van der Waals surface area (Å²) in [6, 6.07) is 3.99. The molecule has 25 heavy (non-hydrogen) atoms. The number of amides is 5. The van der Waals surface area contributed by atoms with Gasteiger partial charge in [0.1, 0.15) is 12.3 Å². The number of ether oxygens (including phenoxy) is 1. The van der Waals surface area contributed by atoms with Gasteiger partial charge in [-0.05, 0) is 26.0 Å². The Hall–Kier alpha value is -3.04. The van der Waals surface area contributed by atoms with Gasteiger partial charge in [0.15, 0.2) is 0 Å². The van der Waals surface area contributed by atoms with Crippen molar-refractivity contribution >= 4 is 29.4 Å². The van der Waals surface area contributed by atoms with Gasteiger partial charge in [0.2, 0.25) is 5.91 Å². The van der Waals surface area contributed by atoms with Crippen molar-refractivity contribution in [1.29, 1.82) is 0 Å². The van der Waals surface area contributed by atoms with Gasteiger partial charge >= 0.3 is 24.5 Å². The summed E-state index contributed by atoms with van der Waals surface area (Å²) in [4.78, 5) is 49.0. The summed E-state index contributed by atoms with van der Waals surface area (Å²) in [5.41, 5.74) is -0.0565. The van der Waals surface area contributed by atoms with E-state index in [1.165, 1.54) is 24.3 Å². The maximum Gasteiger partial charge on any atom is 0.387 e. The van der Waals surface area contributed by atoms with Crippen LogP contribution in [0.25, 0.3) is 0 Å². The second kappa shape index (κ2) is 7.24. The number of nitrogens with one attached hydrogen (secondary N) is 1. The topological polar surface area (TPSA) is 96.0 Å². The first-order chi connectivity index (χ1) is 11.7. The molecule has 1 saturated heterocycles. The van der Waals surface area contributed by atoms with Crippen LogP contribution in [0.4, 0.5) is 19.3 Å². The van der Waals surface area contributed by atoms with Crippen molar-refractivity contribution in [3.63, 3.8) is 0 Å². The molecular weight excluding hydrogens is 340 g/mol. The van der Waals surface area contributed by atoms with Crippen LogP contribution < -0.4 is 10.1 Å². The summed E-state index contributed by atoms with van der Waals surface area (Å²) in [6.07, 6.45) is 0. The van der Waals surface area contributed by atoms with Crippen molar-refractivity contribution < 1.29 is 32.7 Å². The van der Waals surface area contributed by atoms with Gasteiger partial charge in [-0.2, -0.15) is 8.78 Å². The molecule has 1 aliphatic heterocycles. The van der Waals surface area contributed by atoms with Crippen molar-refractivity contribution in [3.05, 3.63) is 24.3 Å². The number of urea groups is 1. The molecule has 0 aromatic heterocycles. The first-order valence-corrected chi connectivity index (χ1v) is 7.25. The monoisotopic (exact) mass is 355 g/mol. The maximum atomic E-state index is 12.4. The van der Waals surface area contributed by atoms with Gasteiger partial charge in [-0.3, -0.25) is 19.3 Å². The number of carbonyl (C=O) groups excluding carboxylic acids is 4. The van der Waals surface area contributed by atoms with E-state index in [2.05, 4.69) is 10.1 Å². The molecule has 1 fully saturated rings. The quantitative estimate of drug-likeness (QED) is 0.615. The molecule has 1 heterocycles. The predicted molar refractivity (Wildman–Crippen MR) is 80.8 cm³/mol. The van der Waals surface area contributed by atoms with Crippen LogP contribution >= 0.6 is 0 Å². The fourth-order valence-electron chi connectivity index (χ4n) is 2.22. The summed E-state index contributed by atoms with van der Waals surface area (Å²) in [7, 11) is 0. The first-order valence-electron chi connectivity index (χ1n) is 7.25. The molecule has 1 aliphatic rings. The Morgan fingerprint density at radius 1 is 1.16 bits per heavy atom. The molecule has 0 spiro atoms. The second-order valence-electron chi connectivity index (χ2n) is 5.37. The summed E-state index contributed by atoms with van der Waals surface area (Å²) in [5, 5.41) is 2.27. The molecule has 134 valence electrons. The fourth-order valence-corrected chi connectivity index (χ4v) is 2.22. The van der Waals surface area contributed by atoms with Crippen LogP contribution in [0.2, 0.25) is 0 Å². The number of para-hydroxylation sites is 2. The zero-order valence-corrected chi connectivity index (χ0v) is 13.4. The lowest BCUT2D eigenvalue weighted by atomic mass is 10.3.